The van der Waals surface area contributed by atoms with Crippen LogP contribution in [0.5, 0.6) is 0 Å². The molecule has 37 heavy (non-hydrogen) atoms. The van der Waals surface area contributed by atoms with Crippen molar-refractivity contribution in [1.29, 1.82) is 0 Å². The van der Waals surface area contributed by atoms with E-state index in [4.69, 9.17) is 4.74 Å². The van der Waals surface area contributed by atoms with Gasteiger partial charge in [0, 0.05) is 57.1 Å². The summed E-state index contributed by atoms with van der Waals surface area (Å²) >= 11 is 0. The Morgan fingerprint density at radius 3 is 2.24 bits per heavy atom. The molecule has 2 saturated heterocycles. The molecule has 4 fully saturated rings. The second-order valence-electron chi connectivity index (χ2n) is 12.2. The third kappa shape index (κ3) is 6.50. The maximum atomic E-state index is 13.3. The Bertz CT molecular complexity index is 873. The van der Waals surface area contributed by atoms with Crippen LogP contribution in [0.2, 0.25) is 0 Å². The zero-order valence-electron chi connectivity index (χ0n) is 22.9. The number of nitrogens with zero attached hydrogens (tertiary/aromatic N) is 3. The fourth-order valence-electron chi connectivity index (χ4n) is 7.63. The lowest BCUT2D eigenvalue weighted by molar-refractivity contribution is -0.134. The molecule has 0 aromatic heterocycles. The maximum absolute atomic E-state index is 13.3. The summed E-state index contributed by atoms with van der Waals surface area (Å²) in [4.78, 5) is 32.8. The highest BCUT2D eigenvalue weighted by atomic mass is 16.5. The Labute approximate surface area is 223 Å². The lowest BCUT2D eigenvalue weighted by Crippen LogP contribution is -2.50. The van der Waals surface area contributed by atoms with Crippen LogP contribution >= 0.6 is 0 Å². The molecule has 2 aliphatic heterocycles. The molecular formula is C31H47N3O3. The van der Waals surface area contributed by atoms with E-state index < -0.39 is 0 Å². The number of hydrogen-bond donors (Lipinski definition) is 0. The molecule has 1 aromatic carbocycles. The summed E-state index contributed by atoms with van der Waals surface area (Å²) < 4.78 is 5.22. The molecule has 204 valence electrons. The lowest BCUT2D eigenvalue weighted by Gasteiger charge is -2.40. The minimum Gasteiger partial charge on any atom is -0.453 e. The molecule has 0 bridgehead atoms. The van der Waals surface area contributed by atoms with Crippen molar-refractivity contribution in [2.24, 2.45) is 17.8 Å². The molecule has 0 spiro atoms. The Kier molecular flexibility index (Phi) is 9.06. The first-order valence-corrected chi connectivity index (χ1v) is 15.0. The van der Waals surface area contributed by atoms with Gasteiger partial charge in [-0.3, -0.25) is 4.79 Å². The zero-order chi connectivity index (χ0) is 25.6. The summed E-state index contributed by atoms with van der Waals surface area (Å²) in [6.45, 7) is 5.65. The minimum atomic E-state index is -0.148. The zero-order valence-corrected chi connectivity index (χ0v) is 22.9. The number of ether oxygens (including phenoxy) is 1. The van der Waals surface area contributed by atoms with Crippen LogP contribution in [0, 0.1) is 17.8 Å². The van der Waals surface area contributed by atoms with E-state index in [0.717, 1.165) is 65.0 Å². The van der Waals surface area contributed by atoms with E-state index in [1.54, 1.807) is 0 Å². The summed E-state index contributed by atoms with van der Waals surface area (Å²) in [5.74, 6) is 2.14. The van der Waals surface area contributed by atoms with Crippen LogP contribution < -0.4 is 0 Å². The van der Waals surface area contributed by atoms with Crippen molar-refractivity contribution in [3.63, 3.8) is 0 Å². The standard InChI is InChI=1S/C31H47N3O3/c1-37-31(36)34(20-24-10-4-2-5-11-24)28-16-18-32(19-17-28)21-27-22-33(30(35)26-14-8-9-15-26)23-29(27)25-12-6-3-7-13-25/h3,6-7,12-13,24,26-29H,2,4-5,8-11,14-23H2,1H3/t27-,29+/m0/s1. The Morgan fingerprint density at radius 2 is 1.57 bits per heavy atom. The van der Waals surface area contributed by atoms with Gasteiger partial charge in [0.05, 0.1) is 7.11 Å². The number of methoxy groups -OCH3 is 1. The predicted octanol–water partition coefficient (Wildman–Crippen LogP) is 5.53. The summed E-state index contributed by atoms with van der Waals surface area (Å²) in [7, 11) is 1.52. The van der Waals surface area contributed by atoms with Gasteiger partial charge in [0.15, 0.2) is 0 Å². The topological polar surface area (TPSA) is 53.1 Å². The van der Waals surface area contributed by atoms with Crippen molar-refractivity contribution in [3.8, 4) is 0 Å². The van der Waals surface area contributed by atoms with Gasteiger partial charge in [-0.25, -0.2) is 4.79 Å². The molecule has 0 unspecified atom stereocenters. The molecule has 6 nitrogen and oxygen atoms in total. The highest BCUT2D eigenvalue weighted by Crippen LogP contribution is 2.37. The highest BCUT2D eigenvalue weighted by molar-refractivity contribution is 5.79. The molecule has 4 aliphatic rings. The van der Waals surface area contributed by atoms with E-state index in [9.17, 15) is 9.59 Å². The lowest BCUT2D eigenvalue weighted by atomic mass is 9.87. The first-order valence-electron chi connectivity index (χ1n) is 15.0. The summed E-state index contributed by atoms with van der Waals surface area (Å²) in [5.41, 5.74) is 1.37. The van der Waals surface area contributed by atoms with Crippen LogP contribution in [0.25, 0.3) is 0 Å². The molecule has 2 aliphatic carbocycles. The molecule has 6 heteroatoms. The maximum Gasteiger partial charge on any atom is 0.409 e. The quantitative estimate of drug-likeness (QED) is 0.485. The van der Waals surface area contributed by atoms with Crippen LogP contribution in [0.3, 0.4) is 0 Å². The molecule has 5 rings (SSSR count). The summed E-state index contributed by atoms with van der Waals surface area (Å²) in [6.07, 6.45) is 12.8. The number of carbonyl (C=O) groups is 2. The molecule has 2 heterocycles. The number of benzene rings is 1. The number of carbonyl (C=O) groups excluding carboxylic acids is 2. The molecule has 2 amide bonds. The predicted molar refractivity (Wildman–Crippen MR) is 146 cm³/mol. The molecule has 2 atom stereocenters. The van der Waals surface area contributed by atoms with Crippen LogP contribution in [-0.2, 0) is 9.53 Å². The van der Waals surface area contributed by atoms with Crippen LogP contribution in [0.4, 0.5) is 4.79 Å². The number of likely N-dealkylation sites (tertiary alicyclic amines) is 2. The molecule has 2 saturated carbocycles. The van der Waals surface area contributed by atoms with Crippen molar-refractivity contribution in [2.75, 3.05) is 46.4 Å². The third-order valence-corrected chi connectivity index (χ3v) is 9.76. The van der Waals surface area contributed by atoms with Gasteiger partial charge >= 0.3 is 6.09 Å². The Hall–Kier alpha value is -2.08. The van der Waals surface area contributed by atoms with E-state index in [0.29, 0.717) is 23.7 Å². The molecule has 0 N–H and O–H groups in total. The number of amides is 2. The number of rotatable bonds is 7. The van der Waals surface area contributed by atoms with E-state index >= 15 is 0 Å². The van der Waals surface area contributed by atoms with Gasteiger partial charge in [-0.2, -0.15) is 0 Å². The minimum absolute atomic E-state index is 0.148. The van der Waals surface area contributed by atoms with Crippen LogP contribution in [0.15, 0.2) is 30.3 Å². The van der Waals surface area contributed by atoms with Crippen molar-refractivity contribution in [3.05, 3.63) is 35.9 Å². The molecule has 1 aromatic rings. The Morgan fingerprint density at radius 1 is 0.892 bits per heavy atom. The fourth-order valence-corrected chi connectivity index (χ4v) is 7.63. The van der Waals surface area contributed by atoms with Gasteiger partial charge in [0.1, 0.15) is 0 Å². The smallest absolute Gasteiger partial charge is 0.409 e. The molecule has 0 radical (unpaired) electrons. The van der Waals surface area contributed by atoms with Gasteiger partial charge in [-0.1, -0.05) is 62.4 Å². The van der Waals surface area contributed by atoms with E-state index in [1.807, 2.05) is 0 Å². The first-order chi connectivity index (χ1) is 18.1. The van der Waals surface area contributed by atoms with Gasteiger partial charge in [0.25, 0.3) is 0 Å². The third-order valence-electron chi connectivity index (χ3n) is 9.76. The average Bonchev–Trinajstić information content (AvgIpc) is 3.64. The second kappa shape index (κ2) is 12.6. The monoisotopic (exact) mass is 509 g/mol. The Balaban J connectivity index is 1.20. The van der Waals surface area contributed by atoms with Crippen molar-refractivity contribution < 1.29 is 14.3 Å². The van der Waals surface area contributed by atoms with E-state index in [-0.39, 0.29) is 18.1 Å². The van der Waals surface area contributed by atoms with Gasteiger partial charge < -0.3 is 19.4 Å². The highest BCUT2D eigenvalue weighted by Gasteiger charge is 2.40. The van der Waals surface area contributed by atoms with Crippen molar-refractivity contribution >= 4 is 12.0 Å². The van der Waals surface area contributed by atoms with Crippen LogP contribution in [-0.4, -0.2) is 79.1 Å². The number of piperidine rings is 1. The SMILES string of the molecule is COC(=O)N(CC1CCCCC1)C1CCN(C[C@H]2CN(C(=O)C3CCCC3)C[C@@H]2c2ccccc2)CC1. The van der Waals surface area contributed by atoms with Gasteiger partial charge in [0.2, 0.25) is 5.91 Å². The largest absolute Gasteiger partial charge is 0.453 e. The van der Waals surface area contributed by atoms with E-state index in [1.165, 1.54) is 57.6 Å². The number of hydrogen-bond acceptors (Lipinski definition) is 4. The fraction of sp³-hybridized carbons (Fsp3) is 0.742. The van der Waals surface area contributed by atoms with Gasteiger partial charge in [-0.05, 0) is 55.9 Å². The average molecular weight is 510 g/mol. The van der Waals surface area contributed by atoms with Crippen molar-refractivity contribution in [2.45, 2.75) is 82.6 Å². The summed E-state index contributed by atoms with van der Waals surface area (Å²) in [5, 5.41) is 0. The normalized spacial score (nSPS) is 26.5. The second-order valence-corrected chi connectivity index (χ2v) is 12.2. The first kappa shape index (κ1) is 26.5. The van der Waals surface area contributed by atoms with Crippen molar-refractivity contribution in [1.82, 2.24) is 14.7 Å². The van der Waals surface area contributed by atoms with Gasteiger partial charge in [-0.15, -0.1) is 0 Å². The van der Waals surface area contributed by atoms with Crippen LogP contribution in [0.1, 0.15) is 82.1 Å². The molecular weight excluding hydrogens is 462 g/mol. The van der Waals surface area contributed by atoms with E-state index in [2.05, 4.69) is 45.0 Å². The summed E-state index contributed by atoms with van der Waals surface area (Å²) in [6, 6.07) is 11.1.